The van der Waals surface area contributed by atoms with Crippen LogP contribution in [0.15, 0.2) is 22.8 Å². The number of halogens is 1. The molecule has 0 bridgehead atoms. The maximum Gasteiger partial charge on any atom is 0.169 e. The smallest absolute Gasteiger partial charge is 0.169 e. The van der Waals surface area contributed by atoms with Crippen LogP contribution in [0.25, 0.3) is 0 Å². The van der Waals surface area contributed by atoms with Crippen molar-refractivity contribution in [2.45, 2.75) is 12.8 Å². The number of nitrogens with zero attached hydrogens (tertiary/aromatic N) is 1. The van der Waals surface area contributed by atoms with Gasteiger partial charge in [-0.05, 0) is 28.1 Å². The third kappa shape index (κ3) is 4.70. The second-order valence-corrected chi connectivity index (χ2v) is 3.92. The molecule has 1 aromatic heterocycles. The SMILES string of the molecule is COC(CNCc1ccc(Br)cn1)OC. The molecule has 0 aromatic carbocycles. The first kappa shape index (κ1) is 12.6. The maximum absolute atomic E-state index is 5.04. The summed E-state index contributed by atoms with van der Waals surface area (Å²) in [5.41, 5.74) is 0.990. The largest absolute Gasteiger partial charge is 0.355 e. The predicted molar refractivity (Wildman–Crippen MR) is 61.4 cm³/mol. The summed E-state index contributed by atoms with van der Waals surface area (Å²) < 4.78 is 11.1. The van der Waals surface area contributed by atoms with Crippen LogP contribution in [0.2, 0.25) is 0 Å². The number of nitrogens with one attached hydrogen (secondary N) is 1. The second kappa shape index (κ2) is 6.90. The number of methoxy groups -OCH3 is 2. The number of aromatic nitrogens is 1. The van der Waals surface area contributed by atoms with Crippen molar-refractivity contribution in [2.75, 3.05) is 20.8 Å². The number of rotatable bonds is 6. The molecule has 1 N–H and O–H groups in total. The summed E-state index contributed by atoms with van der Waals surface area (Å²) in [6.07, 6.45) is 1.57. The Morgan fingerprint density at radius 2 is 2.13 bits per heavy atom. The van der Waals surface area contributed by atoms with Gasteiger partial charge < -0.3 is 14.8 Å². The summed E-state index contributed by atoms with van der Waals surface area (Å²) >= 11 is 3.34. The first-order chi connectivity index (χ1) is 7.26. The van der Waals surface area contributed by atoms with E-state index in [1.165, 1.54) is 0 Å². The minimum atomic E-state index is -0.208. The van der Waals surface area contributed by atoms with Gasteiger partial charge in [-0.25, -0.2) is 0 Å². The molecule has 0 amide bonds. The maximum atomic E-state index is 5.04. The normalized spacial score (nSPS) is 10.9. The fourth-order valence-electron chi connectivity index (χ4n) is 1.09. The van der Waals surface area contributed by atoms with Gasteiger partial charge in [-0.2, -0.15) is 0 Å². The molecule has 0 unspecified atom stereocenters. The Morgan fingerprint density at radius 3 is 2.67 bits per heavy atom. The van der Waals surface area contributed by atoms with Crippen molar-refractivity contribution in [3.05, 3.63) is 28.5 Å². The molecule has 1 heterocycles. The lowest BCUT2D eigenvalue weighted by molar-refractivity contribution is -0.0989. The zero-order chi connectivity index (χ0) is 11.1. The summed E-state index contributed by atoms with van der Waals surface area (Å²) in [6, 6.07) is 3.93. The van der Waals surface area contributed by atoms with E-state index in [2.05, 4.69) is 26.2 Å². The van der Waals surface area contributed by atoms with Crippen LogP contribution in [0.3, 0.4) is 0 Å². The summed E-state index contributed by atoms with van der Waals surface area (Å²) in [6.45, 7) is 1.35. The quantitative estimate of drug-likeness (QED) is 0.800. The van der Waals surface area contributed by atoms with Crippen LogP contribution in [-0.2, 0) is 16.0 Å². The van der Waals surface area contributed by atoms with Gasteiger partial charge in [0, 0.05) is 38.0 Å². The molecule has 0 radical (unpaired) electrons. The molecule has 0 saturated heterocycles. The molecule has 0 aliphatic carbocycles. The van der Waals surface area contributed by atoms with E-state index < -0.39 is 0 Å². The van der Waals surface area contributed by atoms with Gasteiger partial charge in [0.2, 0.25) is 0 Å². The number of pyridine rings is 1. The van der Waals surface area contributed by atoms with Crippen molar-refractivity contribution in [3.63, 3.8) is 0 Å². The average Bonchev–Trinajstić information content (AvgIpc) is 2.27. The molecule has 5 heteroatoms. The van der Waals surface area contributed by atoms with Crippen LogP contribution >= 0.6 is 15.9 Å². The van der Waals surface area contributed by atoms with Crippen LogP contribution in [0, 0.1) is 0 Å². The lowest BCUT2D eigenvalue weighted by atomic mass is 10.3. The molecule has 0 fully saturated rings. The standard InChI is InChI=1S/C10H15BrN2O2/c1-14-10(15-2)7-12-6-9-4-3-8(11)5-13-9/h3-5,10,12H,6-7H2,1-2H3. The minimum absolute atomic E-state index is 0.208. The molecule has 84 valence electrons. The molecule has 0 aliphatic rings. The summed E-state index contributed by atoms with van der Waals surface area (Å²) in [7, 11) is 3.24. The Morgan fingerprint density at radius 1 is 1.40 bits per heavy atom. The van der Waals surface area contributed by atoms with Gasteiger partial charge in [-0.1, -0.05) is 0 Å². The van der Waals surface area contributed by atoms with Gasteiger partial charge in [0.25, 0.3) is 0 Å². The fraction of sp³-hybridized carbons (Fsp3) is 0.500. The molecule has 0 saturated carbocycles. The number of hydrogen-bond donors (Lipinski definition) is 1. The van der Waals surface area contributed by atoms with Gasteiger partial charge in [0.15, 0.2) is 6.29 Å². The first-order valence-corrected chi connectivity index (χ1v) is 5.42. The average molecular weight is 275 g/mol. The zero-order valence-electron chi connectivity index (χ0n) is 8.87. The van der Waals surface area contributed by atoms with Crippen molar-refractivity contribution in [1.82, 2.24) is 10.3 Å². The Labute approximate surface area is 98.1 Å². The molecule has 0 atom stereocenters. The van der Waals surface area contributed by atoms with E-state index in [0.717, 1.165) is 10.2 Å². The molecule has 1 aromatic rings. The fourth-order valence-corrected chi connectivity index (χ4v) is 1.33. The van der Waals surface area contributed by atoms with Crippen LogP contribution in [0.5, 0.6) is 0 Å². The third-order valence-corrected chi connectivity index (χ3v) is 2.40. The summed E-state index contributed by atoms with van der Waals surface area (Å²) in [5.74, 6) is 0. The lowest BCUT2D eigenvalue weighted by Gasteiger charge is -2.13. The van der Waals surface area contributed by atoms with Crippen molar-refractivity contribution >= 4 is 15.9 Å². The highest BCUT2D eigenvalue weighted by molar-refractivity contribution is 9.10. The van der Waals surface area contributed by atoms with E-state index in [1.807, 2.05) is 12.1 Å². The van der Waals surface area contributed by atoms with Crippen molar-refractivity contribution in [2.24, 2.45) is 0 Å². The highest BCUT2D eigenvalue weighted by Gasteiger charge is 2.03. The minimum Gasteiger partial charge on any atom is -0.355 e. The third-order valence-electron chi connectivity index (χ3n) is 1.93. The molecule has 1 rings (SSSR count). The van der Waals surface area contributed by atoms with Crippen LogP contribution < -0.4 is 5.32 Å². The molecular formula is C10H15BrN2O2. The highest BCUT2D eigenvalue weighted by atomic mass is 79.9. The summed E-state index contributed by atoms with van der Waals surface area (Å²) in [5, 5.41) is 3.20. The zero-order valence-corrected chi connectivity index (χ0v) is 10.5. The van der Waals surface area contributed by atoms with Crippen LogP contribution in [0.4, 0.5) is 0 Å². The van der Waals surface area contributed by atoms with Gasteiger partial charge in [0.05, 0.1) is 5.69 Å². The first-order valence-electron chi connectivity index (χ1n) is 4.63. The Kier molecular flexibility index (Phi) is 5.78. The number of hydrogen-bond acceptors (Lipinski definition) is 4. The van der Waals surface area contributed by atoms with E-state index in [0.29, 0.717) is 13.1 Å². The van der Waals surface area contributed by atoms with E-state index in [1.54, 1.807) is 20.4 Å². The molecule has 4 nitrogen and oxygen atoms in total. The second-order valence-electron chi connectivity index (χ2n) is 3.00. The summed E-state index contributed by atoms with van der Waals surface area (Å²) in [4.78, 5) is 4.24. The topological polar surface area (TPSA) is 43.4 Å². The number of ether oxygens (including phenoxy) is 2. The van der Waals surface area contributed by atoms with Gasteiger partial charge in [0.1, 0.15) is 0 Å². The molecule has 0 aliphatic heterocycles. The Bertz CT molecular complexity index is 275. The van der Waals surface area contributed by atoms with E-state index in [9.17, 15) is 0 Å². The van der Waals surface area contributed by atoms with Crippen molar-refractivity contribution in [3.8, 4) is 0 Å². The van der Waals surface area contributed by atoms with E-state index in [4.69, 9.17) is 9.47 Å². The van der Waals surface area contributed by atoms with E-state index in [-0.39, 0.29) is 6.29 Å². The van der Waals surface area contributed by atoms with E-state index >= 15 is 0 Å². The van der Waals surface area contributed by atoms with Gasteiger partial charge in [-0.15, -0.1) is 0 Å². The molecule has 15 heavy (non-hydrogen) atoms. The molecular weight excluding hydrogens is 260 g/mol. The molecule has 0 spiro atoms. The van der Waals surface area contributed by atoms with Gasteiger partial charge >= 0.3 is 0 Å². The van der Waals surface area contributed by atoms with Crippen molar-refractivity contribution < 1.29 is 9.47 Å². The van der Waals surface area contributed by atoms with Crippen molar-refractivity contribution in [1.29, 1.82) is 0 Å². The lowest BCUT2D eigenvalue weighted by Crippen LogP contribution is -2.29. The van der Waals surface area contributed by atoms with Gasteiger partial charge in [-0.3, -0.25) is 4.98 Å². The predicted octanol–water partition coefficient (Wildman–Crippen LogP) is 1.55. The Hall–Kier alpha value is -0.490. The van der Waals surface area contributed by atoms with Crippen LogP contribution in [-0.4, -0.2) is 32.0 Å². The van der Waals surface area contributed by atoms with Crippen LogP contribution in [0.1, 0.15) is 5.69 Å². The highest BCUT2D eigenvalue weighted by Crippen LogP contribution is 2.06. The monoisotopic (exact) mass is 274 g/mol. The Balaban J connectivity index is 2.28.